The summed E-state index contributed by atoms with van der Waals surface area (Å²) >= 11 is 0. The molecule has 1 unspecified atom stereocenters. The van der Waals surface area contributed by atoms with E-state index in [2.05, 4.69) is 48.5 Å². The highest BCUT2D eigenvalue weighted by Gasteiger charge is 2.13. The molecule has 0 fully saturated rings. The third-order valence-corrected chi connectivity index (χ3v) is 3.36. The molecule has 108 valence electrons. The molecule has 1 aromatic carbocycles. The van der Waals surface area contributed by atoms with Crippen molar-refractivity contribution in [3.8, 4) is 0 Å². The maximum absolute atomic E-state index is 11.9. The van der Waals surface area contributed by atoms with E-state index < -0.39 is 0 Å². The minimum Gasteiger partial charge on any atom is -0.308 e. The van der Waals surface area contributed by atoms with Crippen LogP contribution in [0.2, 0.25) is 0 Å². The lowest BCUT2D eigenvalue weighted by molar-refractivity contribution is 0.429. The number of benzene rings is 1. The molecular weight excluding hydrogens is 252 g/mol. The number of nitrogens with zero attached hydrogens (tertiary/aromatic N) is 3. The zero-order valence-corrected chi connectivity index (χ0v) is 12.3. The molecule has 0 aliphatic rings. The van der Waals surface area contributed by atoms with Crippen LogP contribution in [0.15, 0.2) is 35.4 Å². The van der Waals surface area contributed by atoms with Gasteiger partial charge in [-0.15, -0.1) is 0 Å². The molecule has 0 amide bonds. The van der Waals surface area contributed by atoms with E-state index in [1.165, 1.54) is 20.4 Å². The number of aryl methyl sites for hydroxylation is 2. The molecule has 2 rings (SSSR count). The zero-order valence-electron chi connectivity index (χ0n) is 12.3. The molecule has 2 aromatic rings. The van der Waals surface area contributed by atoms with Gasteiger partial charge in [0.05, 0.1) is 12.6 Å². The van der Waals surface area contributed by atoms with Gasteiger partial charge < -0.3 is 5.32 Å². The van der Waals surface area contributed by atoms with Crippen LogP contribution < -0.4 is 11.0 Å². The van der Waals surface area contributed by atoms with Gasteiger partial charge in [0, 0.05) is 7.05 Å². The summed E-state index contributed by atoms with van der Waals surface area (Å²) in [4.78, 5) is 11.9. The molecule has 0 saturated heterocycles. The van der Waals surface area contributed by atoms with Crippen LogP contribution >= 0.6 is 0 Å². The molecule has 1 N–H and O–H groups in total. The van der Waals surface area contributed by atoms with Gasteiger partial charge in [-0.2, -0.15) is 5.10 Å². The van der Waals surface area contributed by atoms with Crippen LogP contribution in [-0.4, -0.2) is 20.9 Å². The quantitative estimate of drug-likeness (QED) is 0.871. The van der Waals surface area contributed by atoms with Crippen LogP contribution in [0.1, 0.15) is 30.5 Å². The van der Waals surface area contributed by atoms with E-state index >= 15 is 0 Å². The van der Waals surface area contributed by atoms with Crippen LogP contribution in [0.5, 0.6) is 0 Å². The van der Waals surface area contributed by atoms with Crippen molar-refractivity contribution >= 4 is 0 Å². The molecule has 0 aliphatic heterocycles. The van der Waals surface area contributed by atoms with E-state index in [1.807, 2.05) is 0 Å². The predicted molar refractivity (Wildman–Crippen MR) is 79.7 cm³/mol. The smallest absolute Gasteiger partial charge is 0.308 e. The van der Waals surface area contributed by atoms with Crippen molar-refractivity contribution < 1.29 is 0 Å². The van der Waals surface area contributed by atoms with Crippen molar-refractivity contribution in [1.29, 1.82) is 0 Å². The Kier molecular flexibility index (Phi) is 4.74. The summed E-state index contributed by atoms with van der Waals surface area (Å²) in [5.74, 6) is 0. The minimum absolute atomic E-state index is 0.0830. The van der Waals surface area contributed by atoms with Crippen molar-refractivity contribution in [2.45, 2.75) is 32.9 Å². The van der Waals surface area contributed by atoms with Gasteiger partial charge in [-0.1, -0.05) is 36.8 Å². The first kappa shape index (κ1) is 14.5. The third kappa shape index (κ3) is 3.36. The second-order valence-corrected chi connectivity index (χ2v) is 5.12. The standard InChI is InChI=1S/C15H22N4O/c1-4-9-16-14(13-7-5-12(2)6-8-13)10-19-15(20)18(3)11-17-19/h5-8,11,14,16H,4,9-10H2,1-3H3. The highest BCUT2D eigenvalue weighted by atomic mass is 16.2. The van der Waals surface area contributed by atoms with E-state index in [0.717, 1.165) is 13.0 Å². The van der Waals surface area contributed by atoms with Crippen LogP contribution in [0.3, 0.4) is 0 Å². The fourth-order valence-electron chi connectivity index (χ4n) is 2.12. The van der Waals surface area contributed by atoms with Gasteiger partial charge >= 0.3 is 5.69 Å². The predicted octanol–water partition coefficient (Wildman–Crippen LogP) is 1.63. The van der Waals surface area contributed by atoms with Crippen LogP contribution in [0.4, 0.5) is 0 Å². The lowest BCUT2D eigenvalue weighted by atomic mass is 10.1. The van der Waals surface area contributed by atoms with E-state index in [9.17, 15) is 4.79 Å². The normalized spacial score (nSPS) is 12.6. The van der Waals surface area contributed by atoms with Crippen LogP contribution in [0.25, 0.3) is 0 Å². The van der Waals surface area contributed by atoms with Gasteiger partial charge in [0.2, 0.25) is 0 Å². The molecule has 5 nitrogen and oxygen atoms in total. The molecule has 0 aliphatic carbocycles. The van der Waals surface area contributed by atoms with E-state index in [4.69, 9.17) is 0 Å². The second-order valence-electron chi connectivity index (χ2n) is 5.12. The largest absolute Gasteiger partial charge is 0.345 e. The number of hydrogen-bond donors (Lipinski definition) is 1. The summed E-state index contributed by atoms with van der Waals surface area (Å²) < 4.78 is 3.00. The summed E-state index contributed by atoms with van der Waals surface area (Å²) in [7, 11) is 1.71. The molecule has 20 heavy (non-hydrogen) atoms. The molecule has 1 heterocycles. The molecule has 0 spiro atoms. The van der Waals surface area contributed by atoms with Crippen LogP contribution in [-0.2, 0) is 13.6 Å². The fourth-order valence-corrected chi connectivity index (χ4v) is 2.12. The van der Waals surface area contributed by atoms with E-state index in [-0.39, 0.29) is 11.7 Å². The Morgan fingerprint density at radius 3 is 2.55 bits per heavy atom. The SMILES string of the molecule is CCCNC(Cn1ncn(C)c1=O)c1ccc(C)cc1. The van der Waals surface area contributed by atoms with Crippen molar-refractivity contribution in [3.05, 3.63) is 52.2 Å². The average molecular weight is 274 g/mol. The highest BCUT2D eigenvalue weighted by Crippen LogP contribution is 2.15. The average Bonchev–Trinajstić information content (AvgIpc) is 2.76. The van der Waals surface area contributed by atoms with Gasteiger partial charge in [0.15, 0.2) is 0 Å². The number of nitrogens with one attached hydrogen (secondary N) is 1. The van der Waals surface area contributed by atoms with Crippen molar-refractivity contribution in [2.24, 2.45) is 7.05 Å². The monoisotopic (exact) mass is 274 g/mol. The molecular formula is C15H22N4O. The summed E-state index contributed by atoms with van der Waals surface area (Å²) in [6.07, 6.45) is 2.60. The van der Waals surface area contributed by atoms with Gasteiger partial charge in [0.1, 0.15) is 6.33 Å². The van der Waals surface area contributed by atoms with Gasteiger partial charge in [-0.25, -0.2) is 9.48 Å². The minimum atomic E-state index is -0.0830. The molecule has 0 radical (unpaired) electrons. The lowest BCUT2D eigenvalue weighted by Gasteiger charge is -2.18. The molecule has 5 heteroatoms. The Morgan fingerprint density at radius 1 is 1.30 bits per heavy atom. The Bertz CT molecular complexity index is 597. The van der Waals surface area contributed by atoms with Gasteiger partial charge in [-0.05, 0) is 25.5 Å². The van der Waals surface area contributed by atoms with Gasteiger partial charge in [0.25, 0.3) is 0 Å². The topological polar surface area (TPSA) is 51.9 Å². The summed E-state index contributed by atoms with van der Waals surface area (Å²) in [6.45, 7) is 5.66. The van der Waals surface area contributed by atoms with Crippen molar-refractivity contribution in [2.75, 3.05) is 6.54 Å². The Hall–Kier alpha value is -1.88. The maximum Gasteiger partial charge on any atom is 0.345 e. The third-order valence-electron chi connectivity index (χ3n) is 3.36. The Labute approximate surface area is 119 Å². The van der Waals surface area contributed by atoms with Crippen LogP contribution in [0, 0.1) is 6.92 Å². The summed E-state index contributed by atoms with van der Waals surface area (Å²) in [6, 6.07) is 8.50. The van der Waals surface area contributed by atoms with E-state index in [1.54, 1.807) is 13.4 Å². The number of rotatable bonds is 6. The first-order valence-electron chi connectivity index (χ1n) is 7.00. The first-order valence-corrected chi connectivity index (χ1v) is 7.00. The van der Waals surface area contributed by atoms with Crippen molar-refractivity contribution in [1.82, 2.24) is 19.7 Å². The summed E-state index contributed by atoms with van der Waals surface area (Å²) in [5, 5.41) is 7.61. The van der Waals surface area contributed by atoms with E-state index in [0.29, 0.717) is 6.54 Å². The van der Waals surface area contributed by atoms with Gasteiger partial charge in [-0.3, -0.25) is 4.57 Å². The molecule has 0 saturated carbocycles. The highest BCUT2D eigenvalue weighted by molar-refractivity contribution is 5.24. The molecule has 1 atom stereocenters. The Balaban J connectivity index is 2.21. The lowest BCUT2D eigenvalue weighted by Crippen LogP contribution is -2.32. The Morgan fingerprint density at radius 2 is 2.00 bits per heavy atom. The second kappa shape index (κ2) is 6.52. The fraction of sp³-hybridized carbons (Fsp3) is 0.467. The zero-order chi connectivity index (χ0) is 14.5. The number of hydrogen-bond acceptors (Lipinski definition) is 3. The first-order chi connectivity index (χ1) is 9.61. The molecule has 1 aromatic heterocycles. The summed E-state index contributed by atoms with van der Waals surface area (Å²) in [5.41, 5.74) is 2.33. The molecule has 0 bridgehead atoms. The maximum atomic E-state index is 11.9. The van der Waals surface area contributed by atoms with Crippen molar-refractivity contribution in [3.63, 3.8) is 0 Å². The number of aromatic nitrogens is 3.